The maximum atomic E-state index is 12.2. The standard InChI is InChI=1S/C26H66N2O40P10/c1-4-50-70(32,33)66-23-26(20-28-3)24-68-78(48,49)64-18-16-62-76(44,45)60-14-12-58-74(40,41)56-10-8-54-72(36,37)52-6-5-51-71(34,35)53-7-9-55-73(38,39)57-11-13-59-75(42,43)61-15-17-63-77(46,47)67-22-25(19-27-2)21-65-69(29,30)31/h25-28H,4-24H2,1-3H3,(H,32,33)(H,34,35)(H,36,37)(H,38,39)(H,40,41)(H,42,43)(H,44,45)(H,46,47)(H,48,49)(H2,29,30,31). The van der Waals surface area contributed by atoms with E-state index in [0.29, 0.717) is 0 Å². The van der Waals surface area contributed by atoms with E-state index in [1.807, 2.05) is 0 Å². The Morgan fingerprint density at radius 3 is 0.577 bits per heavy atom. The van der Waals surface area contributed by atoms with Crippen LogP contribution in [-0.2, 0) is 132 Å². The van der Waals surface area contributed by atoms with Crippen LogP contribution in [0.3, 0.4) is 0 Å². The zero-order valence-corrected chi connectivity index (χ0v) is 50.2. The first-order valence-electron chi connectivity index (χ1n) is 21.3. The van der Waals surface area contributed by atoms with Gasteiger partial charge in [-0.25, -0.2) is 45.7 Å². The van der Waals surface area contributed by atoms with Crippen LogP contribution in [-0.4, -0.2) is 207 Å². The molecule has 0 amide bonds. The Morgan fingerprint density at radius 1 is 0.269 bits per heavy atom. The molecule has 0 spiro atoms. The minimum atomic E-state index is -4.97. The van der Waals surface area contributed by atoms with E-state index in [1.165, 1.54) is 21.0 Å². The summed E-state index contributed by atoms with van der Waals surface area (Å²) < 4.78 is 205. The van der Waals surface area contributed by atoms with Gasteiger partial charge in [0.05, 0.1) is 126 Å². The van der Waals surface area contributed by atoms with Crippen molar-refractivity contribution in [1.82, 2.24) is 10.6 Å². The molecule has 0 aromatic heterocycles. The van der Waals surface area contributed by atoms with Gasteiger partial charge in [0.15, 0.2) is 0 Å². The largest absolute Gasteiger partial charge is 0.472 e. The molecule has 0 aliphatic heterocycles. The van der Waals surface area contributed by atoms with E-state index in [4.69, 9.17) is 23.4 Å². The van der Waals surface area contributed by atoms with Gasteiger partial charge in [-0.1, -0.05) is 0 Å². The zero-order valence-electron chi connectivity index (χ0n) is 41.2. The number of hydrogen-bond acceptors (Lipinski definition) is 31. The smallest absolute Gasteiger partial charge is 0.319 e. The van der Waals surface area contributed by atoms with Crippen molar-refractivity contribution in [1.29, 1.82) is 0 Å². The van der Waals surface area contributed by atoms with Gasteiger partial charge in [-0.3, -0.25) is 86.0 Å². The van der Waals surface area contributed by atoms with Crippen LogP contribution in [0.2, 0.25) is 0 Å². The number of rotatable bonds is 53. The second kappa shape index (κ2) is 38.9. The van der Waals surface area contributed by atoms with E-state index < -0.39 is 209 Å². The van der Waals surface area contributed by atoms with Crippen molar-refractivity contribution in [3.05, 3.63) is 0 Å². The molecular formula is C26H66N2O40P10. The Hall–Kier alpha value is 1.02. The molecule has 78 heavy (non-hydrogen) atoms. The van der Waals surface area contributed by atoms with E-state index in [0.717, 1.165) is 0 Å². The molecule has 0 bridgehead atoms. The van der Waals surface area contributed by atoms with E-state index in [1.54, 1.807) is 0 Å². The Bertz CT molecular complexity index is 2190. The molecule has 0 aliphatic rings. The van der Waals surface area contributed by atoms with Crippen molar-refractivity contribution < 1.29 is 185 Å². The topological polar surface area (TPSA) is 593 Å². The molecule has 0 fully saturated rings. The van der Waals surface area contributed by atoms with E-state index in [9.17, 15) is 89.7 Å². The molecule has 0 aliphatic carbocycles. The van der Waals surface area contributed by atoms with E-state index in [2.05, 4.69) is 83.0 Å². The summed E-state index contributed by atoms with van der Waals surface area (Å²) in [5.74, 6) is -1.55. The Kier molecular flexibility index (Phi) is 39.4. The summed E-state index contributed by atoms with van der Waals surface area (Å²) in [6.45, 7) is -12.8. The zero-order chi connectivity index (χ0) is 59.9. The lowest BCUT2D eigenvalue weighted by Crippen LogP contribution is -2.27. The van der Waals surface area contributed by atoms with Crippen molar-refractivity contribution in [2.24, 2.45) is 11.8 Å². The molecule has 42 nitrogen and oxygen atoms in total. The third-order valence-corrected chi connectivity index (χ3v) is 16.9. The first kappa shape index (κ1) is 79.0. The molecule has 0 aromatic rings. The highest BCUT2D eigenvalue weighted by atomic mass is 31.2. The van der Waals surface area contributed by atoms with Gasteiger partial charge in [-0.05, 0) is 21.0 Å². The van der Waals surface area contributed by atoms with Crippen molar-refractivity contribution in [3.8, 4) is 0 Å². The lowest BCUT2D eigenvalue weighted by Gasteiger charge is -2.20. The molecule has 11 atom stereocenters. The molecule has 0 aromatic carbocycles. The highest BCUT2D eigenvalue weighted by molar-refractivity contribution is 7.49. The molecule has 0 saturated heterocycles. The van der Waals surface area contributed by atoms with Gasteiger partial charge < -0.3 is 64.5 Å². The highest BCUT2D eigenvalue weighted by Gasteiger charge is 2.32. The Morgan fingerprint density at radius 2 is 0.423 bits per heavy atom. The van der Waals surface area contributed by atoms with Crippen molar-refractivity contribution in [2.75, 3.05) is 153 Å². The summed E-state index contributed by atoms with van der Waals surface area (Å²) >= 11 is 0. The maximum Gasteiger partial charge on any atom is 0.472 e. The second-order valence-corrected chi connectivity index (χ2v) is 28.1. The third-order valence-electron chi connectivity index (χ3n) is 7.32. The molecule has 0 radical (unpaired) electrons. The SMILES string of the molecule is CCOP(=O)(O)OCC(CNC)COP(=O)(O)OCCOP(=O)(O)OCCOP(=O)(O)OCCOP(=O)(O)OCCOP(=O)(O)OCCOP(=O)(O)OCCOP(=O)(O)OCCOP(=O)(O)OCC(CNC)COP(=O)(O)O. The van der Waals surface area contributed by atoms with Crippen LogP contribution in [0.1, 0.15) is 6.92 Å². The van der Waals surface area contributed by atoms with Crippen molar-refractivity contribution in [2.45, 2.75) is 6.92 Å². The lowest BCUT2D eigenvalue weighted by atomic mass is 10.2. The molecular weight excluding hydrogens is 1290 g/mol. The highest BCUT2D eigenvalue weighted by Crippen LogP contribution is 2.51. The first-order chi connectivity index (χ1) is 35.8. The summed E-state index contributed by atoms with van der Waals surface area (Å²) in [6, 6.07) is 0. The molecule has 0 heterocycles. The fourth-order valence-electron chi connectivity index (χ4n) is 4.35. The minimum Gasteiger partial charge on any atom is -0.319 e. The van der Waals surface area contributed by atoms with Crippen LogP contribution >= 0.6 is 78.2 Å². The van der Waals surface area contributed by atoms with Gasteiger partial charge >= 0.3 is 78.2 Å². The molecule has 0 rings (SSSR count). The Balaban J connectivity index is 4.33. The predicted octanol–water partition coefficient (Wildman–Crippen LogP) is 0.989. The fraction of sp³-hybridized carbons (Fsp3) is 1.00. The van der Waals surface area contributed by atoms with E-state index in [-0.39, 0.29) is 19.7 Å². The normalized spacial score (nSPS) is 20.3. The van der Waals surface area contributed by atoms with Crippen LogP contribution in [0.25, 0.3) is 0 Å². The van der Waals surface area contributed by atoms with Gasteiger partial charge in [-0.2, -0.15) is 0 Å². The summed E-state index contributed by atoms with van der Waals surface area (Å²) in [4.78, 5) is 105. The van der Waals surface area contributed by atoms with Gasteiger partial charge in [-0.15, -0.1) is 0 Å². The van der Waals surface area contributed by atoms with Crippen LogP contribution < -0.4 is 10.6 Å². The van der Waals surface area contributed by atoms with Gasteiger partial charge in [0, 0.05) is 24.9 Å². The molecule has 0 saturated carbocycles. The number of phosphoric acid groups is 10. The van der Waals surface area contributed by atoms with Gasteiger partial charge in [0.2, 0.25) is 0 Å². The number of hydrogen-bond donors (Lipinski definition) is 13. The van der Waals surface area contributed by atoms with Crippen LogP contribution in [0.4, 0.5) is 0 Å². The van der Waals surface area contributed by atoms with Gasteiger partial charge in [0.1, 0.15) is 0 Å². The summed E-state index contributed by atoms with van der Waals surface area (Å²) in [6.07, 6.45) is 0. The summed E-state index contributed by atoms with van der Waals surface area (Å²) in [5.41, 5.74) is 0. The second-order valence-electron chi connectivity index (χ2n) is 13.8. The average molecular weight is 1360 g/mol. The summed E-state index contributed by atoms with van der Waals surface area (Å²) in [7, 11) is -45.5. The molecule has 52 heteroatoms. The number of phosphoric ester groups is 10. The monoisotopic (exact) mass is 1360 g/mol. The number of nitrogens with one attached hydrogen (secondary N) is 2. The van der Waals surface area contributed by atoms with Crippen LogP contribution in [0.5, 0.6) is 0 Å². The Labute approximate surface area is 444 Å². The quantitative estimate of drug-likeness (QED) is 0.0298. The van der Waals surface area contributed by atoms with Crippen LogP contribution in [0, 0.1) is 11.8 Å². The van der Waals surface area contributed by atoms with Gasteiger partial charge in [0.25, 0.3) is 0 Å². The summed E-state index contributed by atoms with van der Waals surface area (Å²) in [5, 5.41) is 5.36. The lowest BCUT2D eigenvalue weighted by molar-refractivity contribution is 0.0700. The molecule has 11 unspecified atom stereocenters. The fourth-order valence-corrected chi connectivity index (χ4v) is 11.2. The predicted molar refractivity (Wildman–Crippen MR) is 254 cm³/mol. The van der Waals surface area contributed by atoms with Crippen LogP contribution in [0.15, 0.2) is 0 Å². The minimum absolute atomic E-state index is 0.0440. The third kappa shape index (κ3) is 46.3. The van der Waals surface area contributed by atoms with Crippen molar-refractivity contribution >= 4 is 78.2 Å². The van der Waals surface area contributed by atoms with E-state index >= 15 is 0 Å². The maximum absolute atomic E-state index is 12.2. The average Bonchev–Trinajstić information content (AvgIpc) is 3.30. The molecule has 470 valence electrons. The molecule has 13 N–H and O–H groups in total. The first-order valence-corrected chi connectivity index (χ1v) is 36.3. The van der Waals surface area contributed by atoms with Crippen molar-refractivity contribution in [3.63, 3.8) is 0 Å².